The molecular weight excluding hydrogens is 581 g/mol. The van der Waals surface area contributed by atoms with Crippen molar-refractivity contribution < 1.29 is 27.1 Å². The summed E-state index contributed by atoms with van der Waals surface area (Å²) in [6.45, 7) is 2.76. The quantitative estimate of drug-likeness (QED) is 0.309. The zero-order valence-corrected chi connectivity index (χ0v) is 25.4. The van der Waals surface area contributed by atoms with Crippen LogP contribution in [-0.4, -0.2) is 50.9 Å². The van der Waals surface area contributed by atoms with Crippen molar-refractivity contribution >= 4 is 39.1 Å². The van der Waals surface area contributed by atoms with Crippen molar-refractivity contribution in [1.29, 1.82) is 0 Å². The van der Waals surface area contributed by atoms with Crippen LogP contribution in [0.25, 0.3) is 0 Å². The number of nitrogens with one attached hydrogen (secondary N) is 1. The summed E-state index contributed by atoms with van der Waals surface area (Å²) in [6, 6.07) is 15.4. The lowest BCUT2D eigenvalue weighted by Crippen LogP contribution is -2.52. The van der Waals surface area contributed by atoms with Crippen LogP contribution in [0.5, 0.6) is 5.75 Å². The van der Waals surface area contributed by atoms with Crippen LogP contribution in [0.3, 0.4) is 0 Å². The molecule has 2 amide bonds. The van der Waals surface area contributed by atoms with Gasteiger partial charge >= 0.3 is 0 Å². The first-order valence-electron chi connectivity index (χ1n) is 13.8. The van der Waals surface area contributed by atoms with Gasteiger partial charge < -0.3 is 15.0 Å². The maximum absolute atomic E-state index is 14.1. The zero-order valence-electron chi connectivity index (χ0n) is 23.8. The molecule has 0 radical (unpaired) electrons. The van der Waals surface area contributed by atoms with Gasteiger partial charge in [0.1, 0.15) is 24.2 Å². The Hall–Kier alpha value is -3.63. The van der Waals surface area contributed by atoms with Gasteiger partial charge in [-0.2, -0.15) is 0 Å². The molecule has 0 aliphatic heterocycles. The van der Waals surface area contributed by atoms with Crippen LogP contribution < -0.4 is 14.4 Å². The molecule has 0 spiro atoms. The number of sulfonamides is 1. The fourth-order valence-corrected chi connectivity index (χ4v) is 6.55. The minimum absolute atomic E-state index is 0.0249. The van der Waals surface area contributed by atoms with Crippen LogP contribution in [0, 0.1) is 12.7 Å². The third kappa shape index (κ3) is 7.41. The van der Waals surface area contributed by atoms with Gasteiger partial charge in [0.15, 0.2) is 0 Å². The number of methoxy groups -OCH3 is 1. The molecule has 1 saturated carbocycles. The first kappa shape index (κ1) is 31.3. The summed E-state index contributed by atoms with van der Waals surface area (Å²) < 4.78 is 48.1. The Morgan fingerprint density at radius 1 is 1.05 bits per heavy atom. The summed E-state index contributed by atoms with van der Waals surface area (Å²) in [6.07, 6.45) is 3.76. The lowest BCUT2D eigenvalue weighted by molar-refractivity contribution is -0.139. The number of anilines is 1. The van der Waals surface area contributed by atoms with Gasteiger partial charge in [-0.3, -0.25) is 13.9 Å². The number of hydrogen-bond acceptors (Lipinski definition) is 5. The van der Waals surface area contributed by atoms with Crippen molar-refractivity contribution in [2.45, 2.75) is 63.1 Å². The highest BCUT2D eigenvalue weighted by Gasteiger charge is 2.34. The van der Waals surface area contributed by atoms with E-state index in [4.69, 9.17) is 16.3 Å². The largest absolute Gasteiger partial charge is 0.495 e. The van der Waals surface area contributed by atoms with Crippen molar-refractivity contribution in [3.8, 4) is 5.75 Å². The third-order valence-electron chi connectivity index (χ3n) is 7.43. The molecule has 1 aliphatic carbocycles. The van der Waals surface area contributed by atoms with E-state index in [2.05, 4.69) is 5.32 Å². The van der Waals surface area contributed by atoms with Crippen LogP contribution >= 0.6 is 11.6 Å². The second-order valence-electron chi connectivity index (χ2n) is 10.5. The molecule has 3 aromatic carbocycles. The van der Waals surface area contributed by atoms with E-state index < -0.39 is 34.3 Å². The summed E-state index contributed by atoms with van der Waals surface area (Å²) in [5, 5.41) is 3.26. The monoisotopic (exact) mass is 615 g/mol. The summed E-state index contributed by atoms with van der Waals surface area (Å²) in [7, 11) is -2.90. The molecular formula is C31H35ClFN3O5S. The van der Waals surface area contributed by atoms with E-state index in [-0.39, 0.29) is 39.8 Å². The molecule has 224 valence electrons. The highest BCUT2D eigenvalue weighted by atomic mass is 35.5. The van der Waals surface area contributed by atoms with Crippen LogP contribution in [0.4, 0.5) is 10.1 Å². The van der Waals surface area contributed by atoms with E-state index in [1.54, 1.807) is 25.1 Å². The van der Waals surface area contributed by atoms with Crippen molar-refractivity contribution in [3.63, 3.8) is 0 Å². The number of carbonyl (C=O) groups is 2. The van der Waals surface area contributed by atoms with Gasteiger partial charge in [0.25, 0.3) is 10.0 Å². The average molecular weight is 616 g/mol. The molecule has 0 saturated heterocycles. The van der Waals surface area contributed by atoms with E-state index in [0.717, 1.165) is 35.6 Å². The van der Waals surface area contributed by atoms with E-state index in [1.807, 2.05) is 6.92 Å². The predicted octanol–water partition coefficient (Wildman–Crippen LogP) is 5.47. The van der Waals surface area contributed by atoms with Gasteiger partial charge in [0.2, 0.25) is 11.8 Å². The molecule has 8 nitrogen and oxygen atoms in total. The smallest absolute Gasteiger partial charge is 0.264 e. The first-order chi connectivity index (χ1) is 20.0. The summed E-state index contributed by atoms with van der Waals surface area (Å²) in [5.41, 5.74) is 1.52. The normalized spacial score (nSPS) is 14.3. The number of rotatable bonds is 11. The van der Waals surface area contributed by atoms with Gasteiger partial charge in [0.05, 0.1) is 17.7 Å². The lowest BCUT2D eigenvalue weighted by atomic mass is 10.1. The number of aryl methyl sites for hydroxylation is 1. The van der Waals surface area contributed by atoms with E-state index in [9.17, 15) is 22.4 Å². The van der Waals surface area contributed by atoms with Crippen molar-refractivity contribution in [2.75, 3.05) is 18.0 Å². The van der Waals surface area contributed by atoms with E-state index in [0.29, 0.717) is 5.56 Å². The number of carbonyl (C=O) groups excluding carboxylic acids is 2. The Morgan fingerprint density at radius 3 is 2.31 bits per heavy atom. The Balaban J connectivity index is 1.73. The average Bonchev–Trinajstić information content (AvgIpc) is 3.48. The summed E-state index contributed by atoms with van der Waals surface area (Å²) >= 11 is 6.27. The lowest BCUT2D eigenvalue weighted by Gasteiger charge is -2.33. The second-order valence-corrected chi connectivity index (χ2v) is 12.8. The van der Waals surface area contributed by atoms with Crippen LogP contribution in [-0.2, 0) is 26.2 Å². The second kappa shape index (κ2) is 13.6. The Labute approximate surface area is 251 Å². The fourth-order valence-electron chi connectivity index (χ4n) is 4.97. The molecule has 42 heavy (non-hydrogen) atoms. The molecule has 1 atom stereocenters. The minimum atomic E-state index is -4.29. The number of amides is 2. The number of halogens is 2. The van der Waals surface area contributed by atoms with Gasteiger partial charge in [-0.1, -0.05) is 54.3 Å². The maximum atomic E-state index is 14.1. The van der Waals surface area contributed by atoms with Crippen molar-refractivity contribution in [1.82, 2.24) is 10.2 Å². The van der Waals surface area contributed by atoms with E-state index >= 15 is 0 Å². The Morgan fingerprint density at radius 2 is 1.69 bits per heavy atom. The fraction of sp³-hybridized carbons (Fsp3) is 0.355. The molecule has 11 heteroatoms. The summed E-state index contributed by atoms with van der Waals surface area (Å²) in [5.74, 6) is -1.22. The number of benzene rings is 3. The molecule has 0 bridgehead atoms. The first-order valence-corrected chi connectivity index (χ1v) is 15.6. The molecule has 1 N–H and O–H groups in total. The van der Waals surface area contributed by atoms with Gasteiger partial charge in [-0.25, -0.2) is 12.8 Å². The summed E-state index contributed by atoms with van der Waals surface area (Å²) in [4.78, 5) is 28.7. The Kier molecular flexibility index (Phi) is 10.1. The SMILES string of the molecule is COc1ccc(Cl)cc1N(CC(=O)N(Cc1ccc(F)cc1)C(C)C(=O)NC1CCCC1)S(=O)(=O)c1ccc(C)cc1. The topological polar surface area (TPSA) is 96.0 Å². The highest BCUT2D eigenvalue weighted by Crippen LogP contribution is 2.35. The molecule has 3 aromatic rings. The molecule has 0 heterocycles. The third-order valence-corrected chi connectivity index (χ3v) is 9.44. The van der Waals surface area contributed by atoms with Crippen molar-refractivity contribution in [3.05, 3.63) is 88.7 Å². The zero-order chi connectivity index (χ0) is 30.4. The highest BCUT2D eigenvalue weighted by molar-refractivity contribution is 7.92. The molecule has 1 unspecified atom stereocenters. The number of hydrogen-bond donors (Lipinski definition) is 1. The van der Waals surface area contributed by atoms with Crippen LogP contribution in [0.15, 0.2) is 71.6 Å². The van der Waals surface area contributed by atoms with Crippen molar-refractivity contribution in [2.24, 2.45) is 0 Å². The van der Waals surface area contributed by atoms with Gasteiger partial charge in [-0.15, -0.1) is 0 Å². The molecule has 1 fully saturated rings. The van der Waals surface area contributed by atoms with Crippen LogP contribution in [0.2, 0.25) is 5.02 Å². The number of nitrogens with zero attached hydrogens (tertiary/aromatic N) is 2. The number of ether oxygens (including phenoxy) is 1. The Bertz CT molecular complexity index is 1510. The standard InChI is InChI=1S/C31H35ClFN3O5S/c1-21-8-15-27(16-9-21)42(39,40)36(28-18-24(32)12-17-29(28)41-3)20-30(37)35(19-23-10-13-25(33)14-11-23)22(2)31(38)34-26-6-4-5-7-26/h8-18,22,26H,4-7,19-20H2,1-3H3,(H,34,38). The van der Waals surface area contributed by atoms with E-state index in [1.165, 1.54) is 60.5 Å². The van der Waals surface area contributed by atoms with Crippen LogP contribution in [0.1, 0.15) is 43.7 Å². The van der Waals surface area contributed by atoms with Gasteiger partial charge in [0, 0.05) is 17.6 Å². The maximum Gasteiger partial charge on any atom is 0.264 e. The molecule has 1 aliphatic rings. The molecule has 0 aromatic heterocycles. The molecule has 4 rings (SSSR count). The minimum Gasteiger partial charge on any atom is -0.495 e. The predicted molar refractivity (Wildman–Crippen MR) is 161 cm³/mol. The van der Waals surface area contributed by atoms with Gasteiger partial charge in [-0.05, 0) is 74.7 Å².